The third-order valence-corrected chi connectivity index (χ3v) is 7.92. The molecule has 34 heavy (non-hydrogen) atoms. The van der Waals surface area contributed by atoms with E-state index in [1.807, 2.05) is 30.5 Å². The molecule has 3 nitrogen and oxygen atoms in total. The van der Waals surface area contributed by atoms with Gasteiger partial charge in [0.05, 0.1) is 13.2 Å². The van der Waals surface area contributed by atoms with Gasteiger partial charge in [0.1, 0.15) is 9.90 Å². The topological polar surface area (TPSA) is 25.4 Å². The molecule has 5 heteroatoms. The van der Waals surface area contributed by atoms with Crippen LogP contribution in [0.15, 0.2) is 108 Å². The summed E-state index contributed by atoms with van der Waals surface area (Å²) in [7, 11) is 0. The van der Waals surface area contributed by atoms with Gasteiger partial charge in [-0.05, 0) is 23.3 Å². The van der Waals surface area contributed by atoms with Crippen molar-refractivity contribution in [3.05, 3.63) is 119 Å². The Morgan fingerprint density at radius 1 is 0.824 bits per heavy atom. The molecule has 0 spiro atoms. The minimum Gasteiger partial charge on any atom is -0.377 e. The lowest BCUT2D eigenvalue weighted by Gasteiger charge is -2.46. The summed E-state index contributed by atoms with van der Waals surface area (Å²) in [4.78, 5) is 7.10. The maximum Gasteiger partial charge on any atom is 0.106 e. The number of rotatable bonds is 7. The number of halogens is 1. The lowest BCUT2D eigenvalue weighted by molar-refractivity contribution is -0.0281. The van der Waals surface area contributed by atoms with Gasteiger partial charge < -0.3 is 4.74 Å². The van der Waals surface area contributed by atoms with E-state index in [1.54, 1.807) is 11.8 Å². The summed E-state index contributed by atoms with van der Waals surface area (Å²) in [5, 5.41) is 1.70. The first-order valence-electron chi connectivity index (χ1n) is 11.5. The SMILES string of the molecule is Clc1ccccc1-c1cccnc1SC1(Cc2ccccc2)COCCN1Cc1ccccc1. The van der Waals surface area contributed by atoms with Gasteiger partial charge in [0, 0.05) is 41.9 Å². The van der Waals surface area contributed by atoms with E-state index in [0.29, 0.717) is 6.61 Å². The maximum absolute atomic E-state index is 6.60. The maximum atomic E-state index is 6.60. The first kappa shape index (κ1) is 23.1. The smallest absolute Gasteiger partial charge is 0.106 e. The largest absolute Gasteiger partial charge is 0.377 e. The Labute approximate surface area is 210 Å². The Hall–Kier alpha value is -2.63. The van der Waals surface area contributed by atoms with Crippen molar-refractivity contribution < 1.29 is 4.74 Å². The van der Waals surface area contributed by atoms with Gasteiger partial charge in [-0.2, -0.15) is 0 Å². The van der Waals surface area contributed by atoms with Crippen LogP contribution in [0, 0.1) is 0 Å². The van der Waals surface area contributed by atoms with Crippen molar-refractivity contribution in [1.29, 1.82) is 0 Å². The predicted octanol–water partition coefficient (Wildman–Crippen LogP) is 6.97. The molecule has 4 aromatic rings. The summed E-state index contributed by atoms with van der Waals surface area (Å²) in [5.74, 6) is 0. The molecule has 1 unspecified atom stereocenters. The van der Waals surface area contributed by atoms with Gasteiger partial charge in [0.2, 0.25) is 0 Å². The quantitative estimate of drug-likeness (QED) is 0.282. The van der Waals surface area contributed by atoms with Crippen molar-refractivity contribution in [3.63, 3.8) is 0 Å². The van der Waals surface area contributed by atoms with E-state index in [2.05, 4.69) is 77.7 Å². The molecule has 5 rings (SSSR count). The highest BCUT2D eigenvalue weighted by Gasteiger charge is 2.42. The Morgan fingerprint density at radius 3 is 2.26 bits per heavy atom. The molecule has 0 saturated carbocycles. The molecule has 0 bridgehead atoms. The minimum absolute atomic E-state index is 0.306. The molecule has 1 aliphatic rings. The minimum atomic E-state index is -0.306. The number of aromatic nitrogens is 1. The number of benzene rings is 3. The number of hydrogen-bond acceptors (Lipinski definition) is 4. The third kappa shape index (κ3) is 5.21. The van der Waals surface area contributed by atoms with Crippen LogP contribution in [0.1, 0.15) is 11.1 Å². The standard InChI is InChI=1S/C29H27ClN2OS/c30-27-16-8-7-14-25(27)26-15-9-17-31-28(26)34-29(20-23-10-3-1-4-11-23)22-33-19-18-32(29)21-24-12-5-2-6-13-24/h1-17H,18-22H2. The first-order valence-corrected chi connectivity index (χ1v) is 12.7. The van der Waals surface area contributed by atoms with E-state index in [0.717, 1.165) is 47.3 Å². The average Bonchev–Trinajstić information content (AvgIpc) is 2.88. The molecule has 2 heterocycles. The van der Waals surface area contributed by atoms with E-state index in [1.165, 1.54) is 11.1 Å². The van der Waals surface area contributed by atoms with Crippen LogP contribution >= 0.6 is 23.4 Å². The van der Waals surface area contributed by atoms with Gasteiger partial charge >= 0.3 is 0 Å². The number of thioether (sulfide) groups is 1. The van der Waals surface area contributed by atoms with E-state index < -0.39 is 0 Å². The van der Waals surface area contributed by atoms with Crippen LogP contribution in [0.25, 0.3) is 11.1 Å². The number of pyridine rings is 1. The first-order chi connectivity index (χ1) is 16.7. The highest BCUT2D eigenvalue weighted by atomic mass is 35.5. The Balaban J connectivity index is 1.56. The van der Waals surface area contributed by atoms with Gasteiger partial charge in [0.25, 0.3) is 0 Å². The van der Waals surface area contributed by atoms with Crippen LogP contribution in [0.5, 0.6) is 0 Å². The molecule has 0 radical (unpaired) electrons. The average molecular weight is 487 g/mol. The second-order valence-electron chi connectivity index (χ2n) is 8.51. The number of hydrogen-bond donors (Lipinski definition) is 0. The Bertz CT molecular complexity index is 1220. The lowest BCUT2D eigenvalue weighted by atomic mass is 10.0. The fraction of sp³-hybridized carbons (Fsp3) is 0.207. The van der Waals surface area contributed by atoms with Crippen molar-refractivity contribution in [2.45, 2.75) is 22.9 Å². The molecule has 172 valence electrons. The van der Waals surface area contributed by atoms with Gasteiger partial charge in [-0.1, -0.05) is 108 Å². The van der Waals surface area contributed by atoms with E-state index in [4.69, 9.17) is 21.3 Å². The fourth-order valence-corrected chi connectivity index (χ4v) is 6.14. The van der Waals surface area contributed by atoms with Crippen molar-refractivity contribution in [3.8, 4) is 11.1 Å². The van der Waals surface area contributed by atoms with Crippen LogP contribution in [0.4, 0.5) is 0 Å². The molecule has 0 N–H and O–H groups in total. The molecule has 1 aliphatic heterocycles. The van der Waals surface area contributed by atoms with Crippen molar-refractivity contribution in [1.82, 2.24) is 9.88 Å². The van der Waals surface area contributed by atoms with E-state index in [9.17, 15) is 0 Å². The fourth-order valence-electron chi connectivity index (χ4n) is 4.47. The van der Waals surface area contributed by atoms with Gasteiger partial charge in [-0.3, -0.25) is 4.90 Å². The van der Waals surface area contributed by atoms with Crippen molar-refractivity contribution >= 4 is 23.4 Å². The summed E-state index contributed by atoms with van der Waals surface area (Å²) < 4.78 is 6.15. The van der Waals surface area contributed by atoms with Gasteiger partial charge in [0.15, 0.2) is 0 Å². The number of morpholine rings is 1. The highest BCUT2D eigenvalue weighted by molar-refractivity contribution is 8.00. The molecule has 1 saturated heterocycles. The Kier molecular flexibility index (Phi) is 7.31. The molecule has 1 fully saturated rings. The van der Waals surface area contributed by atoms with E-state index in [-0.39, 0.29) is 4.87 Å². The monoisotopic (exact) mass is 486 g/mol. The molecule has 0 aliphatic carbocycles. The van der Waals surface area contributed by atoms with Crippen LogP contribution in [0.3, 0.4) is 0 Å². The Morgan fingerprint density at radius 2 is 1.50 bits per heavy atom. The second-order valence-corrected chi connectivity index (χ2v) is 10.3. The summed E-state index contributed by atoms with van der Waals surface area (Å²) in [5.41, 5.74) is 4.64. The molecular formula is C29H27ClN2OS. The van der Waals surface area contributed by atoms with Crippen LogP contribution < -0.4 is 0 Å². The third-order valence-electron chi connectivity index (χ3n) is 6.17. The van der Waals surface area contributed by atoms with Gasteiger partial charge in [-0.25, -0.2) is 4.98 Å². The zero-order valence-corrected chi connectivity index (χ0v) is 20.5. The highest BCUT2D eigenvalue weighted by Crippen LogP contribution is 2.44. The summed E-state index contributed by atoms with van der Waals surface area (Å²) in [6, 6.07) is 33.4. The second kappa shape index (κ2) is 10.7. The van der Waals surface area contributed by atoms with Gasteiger partial charge in [-0.15, -0.1) is 0 Å². The zero-order chi connectivity index (χ0) is 23.2. The molecule has 3 aromatic carbocycles. The lowest BCUT2D eigenvalue weighted by Crippen LogP contribution is -2.55. The summed E-state index contributed by atoms with van der Waals surface area (Å²) >= 11 is 8.40. The van der Waals surface area contributed by atoms with Crippen LogP contribution in [-0.4, -0.2) is 34.5 Å². The van der Waals surface area contributed by atoms with Crippen molar-refractivity contribution in [2.75, 3.05) is 19.8 Å². The van der Waals surface area contributed by atoms with E-state index >= 15 is 0 Å². The molecule has 1 aromatic heterocycles. The molecule has 0 amide bonds. The number of nitrogens with zero attached hydrogens (tertiary/aromatic N) is 2. The predicted molar refractivity (Wildman–Crippen MR) is 141 cm³/mol. The van der Waals surface area contributed by atoms with Crippen LogP contribution in [0.2, 0.25) is 5.02 Å². The molecule has 1 atom stereocenters. The number of ether oxygens (including phenoxy) is 1. The zero-order valence-electron chi connectivity index (χ0n) is 18.9. The summed E-state index contributed by atoms with van der Waals surface area (Å²) in [6.07, 6.45) is 2.72. The molecular weight excluding hydrogens is 460 g/mol. The normalized spacial score (nSPS) is 18.6. The van der Waals surface area contributed by atoms with Crippen LogP contribution in [-0.2, 0) is 17.7 Å². The summed E-state index contributed by atoms with van der Waals surface area (Å²) in [6.45, 7) is 3.07. The van der Waals surface area contributed by atoms with Crippen molar-refractivity contribution in [2.24, 2.45) is 0 Å².